The first-order valence-electron chi connectivity index (χ1n) is 50.2. The number of rotatable bonds is 42. The van der Waals surface area contributed by atoms with Crippen molar-refractivity contribution in [2.75, 3.05) is 147 Å². The molecule has 0 aliphatic carbocycles. The molecule has 2 aliphatic rings. The van der Waals surface area contributed by atoms with Gasteiger partial charge in [-0.05, 0) is 206 Å². The minimum atomic E-state index is -1.20. The number of pyridine rings is 6. The Bertz CT molecular complexity index is 6760. The molecule has 37 heteroatoms. The standard InChI is InChI=1S/C69H86N14O8.C43H45BrN6O8/c1-7-9-36-82(3,4)38-12-30-80-50-59(73-75-80)28-40-90-63-24-20-53(21-25-63)16-18-55-42-61(71-65(44-55)68(86)87)48-77-32-34-78(46-57-14-11-15-58(70-57)47-79(35-33-77)52-67(84)85)49-62-43-56(45-66(72-62)69(88)89)19-17-54-22-26-64(27-23-54)91-41-29-60-51-81(76-74-60)31-13-39-83(5,6)37-10-8-2;1-26-13-35(57-3)5-7-37(26)28-15-31(46-39(17-28)42(53)54)21-48-9-11-49(23-33-19-30(44)20-34(45-33)24-50(12-10-48)25-41(51)52)22-32-16-29(18-40(47-32)43(55)56)38-8-6-36(58-4)14-27(38)2/h11,14-15,20-27,42-45,50-51H,7-10,12-13,28-41,46-49,52H2,1-6H3,(H-2,84,85,86,87,88,89);5-8,13-20H,9-12,21-25H2,1-4H3,(H,51,52)(H,53,54)(H,55,56)/p+2. The van der Waals surface area contributed by atoms with Crippen LogP contribution in [0.2, 0.25) is 0 Å². The molecule has 4 aromatic carbocycles. The van der Waals surface area contributed by atoms with Gasteiger partial charge in [-0.25, -0.2) is 39.1 Å². The topological polar surface area (TPSA) is 419 Å². The van der Waals surface area contributed by atoms with Crippen molar-refractivity contribution in [3.63, 3.8) is 0 Å². The predicted molar refractivity (Wildman–Crippen MR) is 565 cm³/mol. The van der Waals surface area contributed by atoms with Gasteiger partial charge < -0.3 is 58.6 Å². The zero-order valence-electron chi connectivity index (χ0n) is 86.4. The number of ether oxygens (including phenoxy) is 4. The molecule has 0 saturated heterocycles. The van der Waals surface area contributed by atoms with Crippen LogP contribution in [0.3, 0.4) is 0 Å². The Morgan fingerprint density at radius 2 is 0.705 bits per heavy atom. The van der Waals surface area contributed by atoms with E-state index in [4.69, 9.17) is 28.9 Å². The molecule has 12 aromatic rings. The smallest absolute Gasteiger partial charge is 0.354 e. The van der Waals surface area contributed by atoms with Gasteiger partial charge in [-0.15, -0.1) is 10.2 Å². The van der Waals surface area contributed by atoms with E-state index in [0.29, 0.717) is 189 Å². The molecule has 4 bridgehead atoms. The van der Waals surface area contributed by atoms with Crippen molar-refractivity contribution in [1.29, 1.82) is 0 Å². The first kappa shape index (κ1) is 112. The fourth-order valence-electron chi connectivity index (χ4n) is 17.9. The lowest BCUT2D eigenvalue weighted by Gasteiger charge is -2.31. The Kier molecular flexibility index (Phi) is 40.7. The lowest BCUT2D eigenvalue weighted by atomic mass is 9.99. The van der Waals surface area contributed by atoms with Crippen LogP contribution in [0, 0.1) is 37.5 Å². The Labute approximate surface area is 877 Å². The van der Waals surface area contributed by atoms with Crippen LogP contribution in [0.15, 0.2) is 181 Å². The van der Waals surface area contributed by atoms with Crippen molar-refractivity contribution in [1.82, 2.24) is 89.3 Å². The molecule has 0 unspecified atom stereocenters. The molecular formula is C112H133BrN20O16+2. The van der Waals surface area contributed by atoms with Gasteiger partial charge in [-0.1, -0.05) is 94.9 Å². The molecule has 0 spiro atoms. The fourth-order valence-corrected chi connectivity index (χ4v) is 18.4. The molecule has 0 saturated carbocycles. The number of aromatic carboxylic acids is 4. The van der Waals surface area contributed by atoms with Crippen molar-refractivity contribution < 1.29 is 87.3 Å². The van der Waals surface area contributed by atoms with Gasteiger partial charge in [0.2, 0.25) is 0 Å². The van der Waals surface area contributed by atoms with Crippen LogP contribution < -0.4 is 18.9 Å². The quantitative estimate of drug-likeness (QED) is 0.0153. The summed E-state index contributed by atoms with van der Waals surface area (Å²) >= 11 is 3.62. The van der Waals surface area contributed by atoms with E-state index in [-0.39, 0.29) is 68.6 Å². The van der Waals surface area contributed by atoms with Gasteiger partial charge >= 0.3 is 35.8 Å². The van der Waals surface area contributed by atoms with Crippen molar-refractivity contribution in [3.05, 3.63) is 294 Å². The van der Waals surface area contributed by atoms with Crippen molar-refractivity contribution in [2.45, 2.75) is 145 Å². The molecule has 6 N–H and O–H groups in total. The van der Waals surface area contributed by atoms with Crippen LogP contribution >= 0.6 is 15.9 Å². The molecule has 36 nitrogen and oxygen atoms in total. The summed E-state index contributed by atoms with van der Waals surface area (Å²) in [5, 5.41) is 77.8. The molecule has 10 heterocycles. The summed E-state index contributed by atoms with van der Waals surface area (Å²) < 4.78 is 29.5. The number of hydrogen-bond donors (Lipinski definition) is 6. The number of methoxy groups -OCH3 is 2. The summed E-state index contributed by atoms with van der Waals surface area (Å²) in [7, 11) is 12.3. The monoisotopic (exact) mass is 2090 g/mol. The van der Waals surface area contributed by atoms with Crippen molar-refractivity contribution in [3.8, 4) is 68.9 Å². The predicted octanol–water partition coefficient (Wildman–Crippen LogP) is 13.8. The van der Waals surface area contributed by atoms with E-state index in [0.717, 1.165) is 97.5 Å². The number of nitrogens with zero attached hydrogens (tertiary/aromatic N) is 20. The first-order chi connectivity index (χ1) is 71.6. The van der Waals surface area contributed by atoms with Crippen LogP contribution in [-0.4, -0.2) is 312 Å². The van der Waals surface area contributed by atoms with E-state index in [1.807, 2.05) is 173 Å². The van der Waals surface area contributed by atoms with Crippen molar-refractivity contribution >= 4 is 51.7 Å². The Morgan fingerprint density at radius 1 is 0.369 bits per heavy atom. The summed E-state index contributed by atoms with van der Waals surface area (Å²) in [4.78, 5) is 114. The third kappa shape index (κ3) is 35.8. The number of hydrogen-bond acceptors (Lipinski definition) is 26. The highest BCUT2D eigenvalue weighted by Crippen LogP contribution is 2.33. The van der Waals surface area contributed by atoms with E-state index in [9.17, 15) is 59.4 Å². The highest BCUT2D eigenvalue weighted by Gasteiger charge is 2.27. The molecule has 14 rings (SSSR count). The molecule has 0 amide bonds. The van der Waals surface area contributed by atoms with E-state index < -0.39 is 35.8 Å². The highest BCUT2D eigenvalue weighted by molar-refractivity contribution is 9.10. The van der Waals surface area contributed by atoms with E-state index in [1.165, 1.54) is 50.9 Å². The number of carbonyl (C=O) groups is 6. The maximum atomic E-state index is 12.5. The number of carboxylic acids is 6. The molecule has 0 fully saturated rings. The Hall–Kier alpha value is -14.6. The number of unbranched alkanes of at least 4 members (excludes halogenated alkanes) is 2. The molecule has 2 aliphatic heterocycles. The number of aryl methyl sites for hydroxylation is 4. The number of halogens is 1. The third-order valence-corrected chi connectivity index (χ3v) is 26.2. The maximum Gasteiger partial charge on any atom is 0.354 e. The van der Waals surface area contributed by atoms with Crippen molar-refractivity contribution in [2.24, 2.45) is 0 Å². The third-order valence-electron chi connectivity index (χ3n) is 25.7. The van der Waals surface area contributed by atoms with Crippen LogP contribution in [0.4, 0.5) is 0 Å². The second kappa shape index (κ2) is 54.3. The van der Waals surface area contributed by atoms with Gasteiger partial charge in [-0.2, -0.15) is 0 Å². The average Bonchev–Trinajstić information content (AvgIpc) is 1.10. The number of aliphatic carboxylic acids is 2. The van der Waals surface area contributed by atoms with Gasteiger partial charge in [0.15, 0.2) is 0 Å². The van der Waals surface area contributed by atoms with Gasteiger partial charge in [0.05, 0.1) is 152 Å². The number of quaternary nitrogens is 2. The Balaban J connectivity index is 0.000000274. The number of fused-ring (bicyclic) bond motifs is 4. The summed E-state index contributed by atoms with van der Waals surface area (Å²) in [6.07, 6.45) is 12.1. The minimum absolute atomic E-state index is 0.0765. The lowest BCUT2D eigenvalue weighted by Crippen LogP contribution is -2.41. The van der Waals surface area contributed by atoms with Gasteiger partial charge in [-0.3, -0.25) is 58.3 Å². The zero-order valence-corrected chi connectivity index (χ0v) is 88.0. The molecule has 0 atom stereocenters. The number of benzene rings is 4. The highest BCUT2D eigenvalue weighted by atomic mass is 79.9. The summed E-state index contributed by atoms with van der Waals surface area (Å²) in [6, 6.07) is 48.9. The van der Waals surface area contributed by atoms with Crippen LogP contribution in [0.25, 0.3) is 22.3 Å². The van der Waals surface area contributed by atoms with Gasteiger partial charge in [0, 0.05) is 183 Å². The van der Waals surface area contributed by atoms with Gasteiger partial charge in [0.25, 0.3) is 0 Å². The number of aromatic nitrogens is 12. The molecule has 149 heavy (non-hydrogen) atoms. The second-order valence-corrected chi connectivity index (χ2v) is 39.9. The first-order valence-corrected chi connectivity index (χ1v) is 51.0. The SMILES string of the molecule is CCCC[N+](C)(C)CCCn1cc(CCOc2ccc(C#Cc3cc(CN4CCN(CC(=O)O)Cc5cccc(n5)CN(Cc5cc(C#Cc6ccc(OCCc7cn(CCC[N+](C)(C)CCCC)nn7)cc6)cc(C(=O)O)n5)CC4)nc(C(=O)O)c3)cc2)nn1.COc1ccc(-c2cc(CN3CCN(CC(=O)O)Cc4cc(Br)cc(n4)CN(Cc4cc(-c5ccc(OC)cc5C)cc(C(=O)O)n4)CC3)nc(C(=O)O)c2)c(C)c1. The molecule has 8 aromatic heterocycles. The average molecular weight is 2100 g/mol. The summed E-state index contributed by atoms with van der Waals surface area (Å²) in [5.74, 6) is 8.77. The molecular weight excluding hydrogens is 1960 g/mol. The van der Waals surface area contributed by atoms with Crippen LogP contribution in [0.5, 0.6) is 23.0 Å². The number of carboxylic acid groups (broad SMARTS) is 6. The second-order valence-electron chi connectivity index (χ2n) is 39.0. The zero-order chi connectivity index (χ0) is 106. The molecule has 782 valence electrons. The largest absolute Gasteiger partial charge is 0.497 e. The van der Waals surface area contributed by atoms with Crippen LogP contribution in [0.1, 0.15) is 185 Å². The Morgan fingerprint density at radius 3 is 1.09 bits per heavy atom. The normalized spacial score (nSPS) is 13.8. The van der Waals surface area contributed by atoms with E-state index in [2.05, 4.69) is 142 Å². The molecule has 0 radical (unpaired) electrons. The summed E-state index contributed by atoms with van der Waals surface area (Å²) in [6.45, 7) is 20.6. The van der Waals surface area contributed by atoms with E-state index in [1.54, 1.807) is 38.5 Å². The van der Waals surface area contributed by atoms with Crippen LogP contribution in [-0.2, 0) is 87.9 Å². The van der Waals surface area contributed by atoms with Gasteiger partial charge in [0.1, 0.15) is 45.8 Å². The fraction of sp³-hybridized carbons (Fsp3) is 0.393. The minimum Gasteiger partial charge on any atom is -0.497 e. The van der Waals surface area contributed by atoms with E-state index >= 15 is 0 Å². The summed E-state index contributed by atoms with van der Waals surface area (Å²) in [5.41, 5.74) is 13.5. The maximum absolute atomic E-state index is 12.5. The lowest BCUT2D eigenvalue weighted by molar-refractivity contribution is -0.890.